The maximum atomic E-state index is 6.15. The fourth-order valence-corrected chi connectivity index (χ4v) is 4.01. The number of hydrogen-bond donors (Lipinski definition) is 0. The topological polar surface area (TPSA) is 47.5 Å². The second-order valence-electron chi connectivity index (χ2n) is 7.10. The molecule has 0 aromatic carbocycles. The summed E-state index contributed by atoms with van der Waals surface area (Å²) in [5, 5.41) is 0. The lowest BCUT2D eigenvalue weighted by Crippen LogP contribution is -2.64. The van der Waals surface area contributed by atoms with Crippen molar-refractivity contribution in [3.8, 4) is 0 Å². The molecule has 0 radical (unpaired) electrons. The lowest BCUT2D eigenvalue weighted by molar-refractivity contribution is -0.139. The van der Waals surface area contributed by atoms with E-state index in [1.165, 1.54) is 11.1 Å². The Morgan fingerprint density at radius 1 is 1.04 bits per heavy atom. The first-order valence-electron chi connectivity index (χ1n) is 9.06. The first kappa shape index (κ1) is 16.6. The van der Waals surface area contributed by atoms with E-state index < -0.39 is 0 Å². The molecule has 0 saturated carbocycles. The van der Waals surface area contributed by atoms with Gasteiger partial charge in [0.1, 0.15) is 0 Å². The zero-order valence-corrected chi connectivity index (χ0v) is 14.5. The van der Waals surface area contributed by atoms with Crippen molar-refractivity contribution >= 4 is 0 Å². The molecule has 0 amide bonds. The van der Waals surface area contributed by atoms with Gasteiger partial charge in [0.05, 0.1) is 12.2 Å². The van der Waals surface area contributed by atoms with E-state index in [2.05, 4.69) is 27.0 Å². The van der Waals surface area contributed by atoms with Crippen molar-refractivity contribution in [2.24, 2.45) is 5.92 Å². The minimum absolute atomic E-state index is 0.0626. The van der Waals surface area contributed by atoms with E-state index in [0.29, 0.717) is 12.5 Å². The molecule has 2 saturated heterocycles. The Hall–Kier alpha value is -1.82. The van der Waals surface area contributed by atoms with Gasteiger partial charge in [0.2, 0.25) is 0 Å². The molecule has 2 fully saturated rings. The third-order valence-electron chi connectivity index (χ3n) is 5.37. The number of ether oxygens (including phenoxy) is 2. The summed E-state index contributed by atoms with van der Waals surface area (Å²) in [5.41, 5.74) is 2.56. The Labute approximate surface area is 149 Å². The van der Waals surface area contributed by atoms with Crippen molar-refractivity contribution in [2.45, 2.75) is 31.6 Å². The molecule has 0 unspecified atom stereocenters. The van der Waals surface area contributed by atoms with Gasteiger partial charge in [0.25, 0.3) is 0 Å². The quantitative estimate of drug-likeness (QED) is 0.726. The largest absolute Gasteiger partial charge is 0.377 e. The van der Waals surface area contributed by atoms with Crippen LogP contribution in [-0.4, -0.2) is 46.8 Å². The van der Waals surface area contributed by atoms with Gasteiger partial charge in [0.15, 0.2) is 0 Å². The van der Waals surface area contributed by atoms with E-state index in [9.17, 15) is 0 Å². The zero-order chi connectivity index (χ0) is 17.0. The first-order valence-corrected chi connectivity index (χ1v) is 9.06. The monoisotopic (exact) mass is 339 g/mol. The van der Waals surface area contributed by atoms with Gasteiger partial charge in [-0.3, -0.25) is 14.9 Å². The highest BCUT2D eigenvalue weighted by atomic mass is 16.5. The lowest BCUT2D eigenvalue weighted by Gasteiger charge is -2.50. The van der Waals surface area contributed by atoms with Crippen LogP contribution in [0.15, 0.2) is 49.1 Å². The van der Waals surface area contributed by atoms with Crippen LogP contribution in [0.2, 0.25) is 0 Å². The van der Waals surface area contributed by atoms with Gasteiger partial charge in [-0.1, -0.05) is 0 Å². The molecule has 2 aliphatic heterocycles. The molecular formula is C20H25N3O2. The summed E-state index contributed by atoms with van der Waals surface area (Å²) in [6.45, 7) is 5.39. The van der Waals surface area contributed by atoms with Crippen molar-refractivity contribution in [1.29, 1.82) is 0 Å². The van der Waals surface area contributed by atoms with E-state index >= 15 is 0 Å². The summed E-state index contributed by atoms with van der Waals surface area (Å²) < 4.78 is 12.0. The van der Waals surface area contributed by atoms with Crippen molar-refractivity contribution in [3.05, 3.63) is 60.2 Å². The van der Waals surface area contributed by atoms with Gasteiger partial charge in [0, 0.05) is 57.6 Å². The number of hydrogen-bond acceptors (Lipinski definition) is 5. The van der Waals surface area contributed by atoms with Crippen LogP contribution in [-0.2, 0) is 22.6 Å². The van der Waals surface area contributed by atoms with Gasteiger partial charge >= 0.3 is 0 Å². The predicted molar refractivity (Wildman–Crippen MR) is 94.8 cm³/mol. The minimum Gasteiger partial charge on any atom is -0.377 e. The molecule has 0 N–H and O–H groups in total. The average molecular weight is 339 g/mol. The molecule has 132 valence electrons. The van der Waals surface area contributed by atoms with Gasteiger partial charge in [-0.2, -0.15) is 0 Å². The molecule has 2 aromatic heterocycles. The predicted octanol–water partition coefficient (Wildman–Crippen LogP) is 2.67. The molecule has 0 aliphatic carbocycles. The second kappa shape index (κ2) is 7.60. The number of pyridine rings is 2. The van der Waals surface area contributed by atoms with E-state index in [4.69, 9.17) is 9.47 Å². The highest BCUT2D eigenvalue weighted by molar-refractivity contribution is 5.13. The molecule has 4 rings (SSSR count). The van der Waals surface area contributed by atoms with Crippen LogP contribution < -0.4 is 0 Å². The fraction of sp³-hybridized carbons (Fsp3) is 0.500. The van der Waals surface area contributed by atoms with Crippen molar-refractivity contribution in [1.82, 2.24) is 14.9 Å². The maximum Gasteiger partial charge on any atom is 0.0964 e. The second-order valence-corrected chi connectivity index (χ2v) is 7.10. The maximum absolute atomic E-state index is 6.15. The molecule has 2 aromatic rings. The Bertz CT molecular complexity index is 659. The molecule has 5 heteroatoms. The van der Waals surface area contributed by atoms with Gasteiger partial charge < -0.3 is 9.47 Å². The van der Waals surface area contributed by atoms with Crippen LogP contribution in [0.3, 0.4) is 0 Å². The summed E-state index contributed by atoms with van der Waals surface area (Å²) in [4.78, 5) is 10.6. The van der Waals surface area contributed by atoms with E-state index in [1.54, 1.807) is 0 Å². The van der Waals surface area contributed by atoms with Crippen LogP contribution in [0.4, 0.5) is 0 Å². The minimum atomic E-state index is 0.0626. The Morgan fingerprint density at radius 2 is 1.72 bits per heavy atom. The molecule has 0 bridgehead atoms. The molecule has 4 heterocycles. The van der Waals surface area contributed by atoms with Gasteiger partial charge in [-0.15, -0.1) is 0 Å². The summed E-state index contributed by atoms with van der Waals surface area (Å²) in [6, 6.07) is 8.18. The molecule has 5 nitrogen and oxygen atoms in total. The van der Waals surface area contributed by atoms with Crippen LogP contribution in [0, 0.1) is 5.92 Å². The molecule has 2 aliphatic rings. The van der Waals surface area contributed by atoms with Crippen molar-refractivity contribution < 1.29 is 9.47 Å². The Balaban J connectivity index is 1.22. The SMILES string of the molecule is c1cc(COCC[C@H]2CCOC23CN(Cc2ccncc2)C3)ccn1. The molecule has 1 spiro atoms. The summed E-state index contributed by atoms with van der Waals surface area (Å²) in [6.07, 6.45) is 9.57. The Kier molecular flexibility index (Phi) is 5.06. The van der Waals surface area contributed by atoms with Crippen LogP contribution in [0.25, 0.3) is 0 Å². The first-order chi connectivity index (χ1) is 12.3. The van der Waals surface area contributed by atoms with Gasteiger partial charge in [-0.25, -0.2) is 0 Å². The van der Waals surface area contributed by atoms with Gasteiger partial charge in [-0.05, 0) is 54.2 Å². The number of aromatic nitrogens is 2. The average Bonchev–Trinajstić information content (AvgIpc) is 3.04. The molecule has 1 atom stereocenters. The van der Waals surface area contributed by atoms with Crippen LogP contribution >= 0.6 is 0 Å². The third kappa shape index (κ3) is 3.89. The van der Waals surface area contributed by atoms with Crippen molar-refractivity contribution in [2.75, 3.05) is 26.3 Å². The highest BCUT2D eigenvalue weighted by Gasteiger charge is 2.52. The van der Waals surface area contributed by atoms with E-state index in [1.807, 2.05) is 36.9 Å². The third-order valence-corrected chi connectivity index (χ3v) is 5.37. The standard InChI is InChI=1S/C20H25N3O2/c1-7-21-8-2-17(1)13-23-15-20(16-23)19(6-12-25-20)5-11-24-14-18-3-9-22-10-4-18/h1-4,7-10,19H,5-6,11-16H2/t19-/m0/s1. The number of rotatable bonds is 7. The Morgan fingerprint density at radius 3 is 2.44 bits per heavy atom. The summed E-state index contributed by atoms with van der Waals surface area (Å²) >= 11 is 0. The molecule has 25 heavy (non-hydrogen) atoms. The molecular weight excluding hydrogens is 314 g/mol. The van der Waals surface area contributed by atoms with Crippen LogP contribution in [0.5, 0.6) is 0 Å². The highest BCUT2D eigenvalue weighted by Crippen LogP contribution is 2.42. The summed E-state index contributed by atoms with van der Waals surface area (Å²) in [7, 11) is 0. The van der Waals surface area contributed by atoms with Crippen molar-refractivity contribution in [3.63, 3.8) is 0 Å². The summed E-state index contributed by atoms with van der Waals surface area (Å²) in [5.74, 6) is 0.610. The zero-order valence-electron chi connectivity index (χ0n) is 14.5. The van der Waals surface area contributed by atoms with E-state index in [-0.39, 0.29) is 5.60 Å². The fourth-order valence-electron chi connectivity index (χ4n) is 4.01. The van der Waals surface area contributed by atoms with E-state index in [0.717, 1.165) is 45.7 Å². The van der Waals surface area contributed by atoms with Crippen LogP contribution in [0.1, 0.15) is 24.0 Å². The number of likely N-dealkylation sites (tertiary alicyclic amines) is 1. The number of nitrogens with zero attached hydrogens (tertiary/aromatic N) is 3. The lowest BCUT2D eigenvalue weighted by atomic mass is 9.79. The normalized spacial score (nSPS) is 22.2. The smallest absolute Gasteiger partial charge is 0.0964 e.